The van der Waals surface area contributed by atoms with Crippen LogP contribution in [0, 0.1) is 5.82 Å². The number of fused-ring (bicyclic) bond motifs is 2. The number of hydrogen-bond acceptors (Lipinski definition) is 4. The normalized spacial score (nSPS) is 18.9. The summed E-state index contributed by atoms with van der Waals surface area (Å²) in [5.74, 6) is -0.457. The third-order valence-corrected chi connectivity index (χ3v) is 7.31. The Morgan fingerprint density at radius 2 is 1.82 bits per heavy atom. The standard InChI is InChI=1S/C20H22FN3O3S/c1-13-12-23(14(2)25)19-11-16(5-6-17(13)19)28(26,27)24-9-8-22(3)18-7-4-15(21)10-20(18)24/h4-7,10-11,13H,8-9,12H2,1-3H3. The van der Waals surface area contributed by atoms with Gasteiger partial charge in [0.25, 0.3) is 10.0 Å². The summed E-state index contributed by atoms with van der Waals surface area (Å²) in [6.07, 6.45) is 0. The minimum absolute atomic E-state index is 0.103. The molecule has 8 heteroatoms. The van der Waals surface area contributed by atoms with Crippen LogP contribution in [0.15, 0.2) is 41.3 Å². The first-order valence-electron chi connectivity index (χ1n) is 9.15. The summed E-state index contributed by atoms with van der Waals surface area (Å²) in [7, 11) is -2.05. The van der Waals surface area contributed by atoms with E-state index in [9.17, 15) is 17.6 Å². The van der Waals surface area contributed by atoms with Gasteiger partial charge >= 0.3 is 0 Å². The highest BCUT2D eigenvalue weighted by molar-refractivity contribution is 7.92. The largest absolute Gasteiger partial charge is 0.371 e. The molecule has 1 unspecified atom stereocenters. The Morgan fingerprint density at radius 3 is 2.54 bits per heavy atom. The first-order chi connectivity index (χ1) is 13.2. The van der Waals surface area contributed by atoms with E-state index in [1.807, 2.05) is 18.9 Å². The third-order valence-electron chi connectivity index (χ3n) is 5.50. The van der Waals surface area contributed by atoms with E-state index in [2.05, 4.69) is 0 Å². The lowest BCUT2D eigenvalue weighted by Crippen LogP contribution is -2.42. The van der Waals surface area contributed by atoms with Crippen LogP contribution in [-0.2, 0) is 14.8 Å². The van der Waals surface area contributed by atoms with Crippen molar-refractivity contribution in [1.82, 2.24) is 0 Å². The van der Waals surface area contributed by atoms with Crippen molar-refractivity contribution < 1.29 is 17.6 Å². The Kier molecular flexibility index (Phi) is 4.33. The molecule has 1 atom stereocenters. The summed E-state index contributed by atoms with van der Waals surface area (Å²) < 4.78 is 41.9. The number of halogens is 1. The number of hydrogen-bond donors (Lipinski definition) is 0. The van der Waals surface area contributed by atoms with Gasteiger partial charge in [-0.05, 0) is 29.8 Å². The van der Waals surface area contributed by atoms with E-state index in [1.165, 1.54) is 23.4 Å². The number of rotatable bonds is 2. The maximum Gasteiger partial charge on any atom is 0.264 e. The summed E-state index contributed by atoms with van der Waals surface area (Å²) in [6.45, 7) is 4.74. The number of anilines is 3. The van der Waals surface area contributed by atoms with Crippen LogP contribution in [0.2, 0.25) is 0 Å². The molecule has 0 aliphatic carbocycles. The lowest BCUT2D eigenvalue weighted by atomic mass is 10.0. The molecule has 2 heterocycles. The number of benzene rings is 2. The van der Waals surface area contributed by atoms with Crippen molar-refractivity contribution in [2.45, 2.75) is 24.7 Å². The van der Waals surface area contributed by atoms with Crippen LogP contribution in [0.1, 0.15) is 25.3 Å². The second-order valence-electron chi connectivity index (χ2n) is 7.38. The second kappa shape index (κ2) is 6.48. The first-order valence-corrected chi connectivity index (χ1v) is 10.6. The number of likely N-dealkylation sites (N-methyl/N-ethyl adjacent to an activating group) is 1. The van der Waals surface area contributed by atoms with Crippen molar-refractivity contribution in [3.05, 3.63) is 47.8 Å². The fourth-order valence-corrected chi connectivity index (χ4v) is 5.46. The van der Waals surface area contributed by atoms with Crippen LogP contribution in [0.25, 0.3) is 0 Å². The SMILES string of the molecule is CC(=O)N1CC(C)c2ccc(S(=O)(=O)N3CCN(C)c4ccc(F)cc43)cc21. The van der Waals surface area contributed by atoms with E-state index < -0.39 is 15.8 Å². The lowest BCUT2D eigenvalue weighted by Gasteiger charge is -2.36. The van der Waals surface area contributed by atoms with Crippen LogP contribution in [0.5, 0.6) is 0 Å². The minimum atomic E-state index is -3.90. The van der Waals surface area contributed by atoms with Gasteiger partial charge in [-0.2, -0.15) is 0 Å². The Hall–Kier alpha value is -2.61. The molecule has 2 aliphatic rings. The quantitative estimate of drug-likeness (QED) is 0.774. The molecule has 0 bridgehead atoms. The van der Waals surface area contributed by atoms with Crippen LogP contribution in [-0.4, -0.2) is 41.0 Å². The van der Waals surface area contributed by atoms with Crippen LogP contribution in [0.3, 0.4) is 0 Å². The van der Waals surface area contributed by atoms with Gasteiger partial charge in [0.15, 0.2) is 0 Å². The molecule has 1 amide bonds. The average molecular weight is 403 g/mol. The van der Waals surface area contributed by atoms with E-state index in [-0.39, 0.29) is 23.3 Å². The summed E-state index contributed by atoms with van der Waals surface area (Å²) in [5.41, 5.74) is 2.58. The zero-order valence-electron chi connectivity index (χ0n) is 16.0. The molecule has 2 aromatic rings. The van der Waals surface area contributed by atoms with Gasteiger partial charge < -0.3 is 9.80 Å². The highest BCUT2D eigenvalue weighted by atomic mass is 32.2. The molecule has 4 rings (SSSR count). The van der Waals surface area contributed by atoms with E-state index >= 15 is 0 Å². The topological polar surface area (TPSA) is 60.9 Å². The molecule has 148 valence electrons. The van der Waals surface area contributed by atoms with Gasteiger partial charge in [-0.3, -0.25) is 9.10 Å². The summed E-state index contributed by atoms with van der Waals surface area (Å²) in [5, 5.41) is 0. The minimum Gasteiger partial charge on any atom is -0.371 e. The van der Waals surface area contributed by atoms with Crippen molar-refractivity contribution in [3.63, 3.8) is 0 Å². The fourth-order valence-electron chi connectivity index (χ4n) is 3.98. The van der Waals surface area contributed by atoms with Gasteiger partial charge in [-0.25, -0.2) is 12.8 Å². The molecule has 0 N–H and O–H groups in total. The molecular formula is C20H22FN3O3S. The zero-order chi connectivity index (χ0) is 20.2. The number of carbonyl (C=O) groups excluding carboxylic acids is 1. The summed E-state index contributed by atoms with van der Waals surface area (Å²) >= 11 is 0. The van der Waals surface area contributed by atoms with Crippen LogP contribution < -0.4 is 14.1 Å². The second-order valence-corrected chi connectivity index (χ2v) is 9.25. The first kappa shape index (κ1) is 18.7. The monoisotopic (exact) mass is 403 g/mol. The molecule has 0 saturated heterocycles. The highest BCUT2D eigenvalue weighted by Gasteiger charge is 2.34. The van der Waals surface area contributed by atoms with Crippen molar-refractivity contribution in [2.75, 3.05) is 40.8 Å². The van der Waals surface area contributed by atoms with E-state index in [0.29, 0.717) is 30.2 Å². The average Bonchev–Trinajstić information content (AvgIpc) is 2.98. The van der Waals surface area contributed by atoms with Gasteiger partial charge in [0, 0.05) is 44.7 Å². The van der Waals surface area contributed by atoms with Crippen molar-refractivity contribution >= 4 is 33.0 Å². The van der Waals surface area contributed by atoms with Gasteiger partial charge in [0.05, 0.1) is 22.8 Å². The third kappa shape index (κ3) is 2.83. The molecule has 2 aromatic carbocycles. The predicted molar refractivity (Wildman–Crippen MR) is 107 cm³/mol. The lowest BCUT2D eigenvalue weighted by molar-refractivity contribution is -0.116. The summed E-state index contributed by atoms with van der Waals surface area (Å²) in [6, 6.07) is 9.08. The molecule has 0 saturated carbocycles. The maximum atomic E-state index is 13.9. The Morgan fingerprint density at radius 1 is 1.07 bits per heavy atom. The predicted octanol–water partition coefficient (Wildman–Crippen LogP) is 2.94. The van der Waals surface area contributed by atoms with Crippen LogP contribution in [0.4, 0.5) is 21.5 Å². The molecule has 28 heavy (non-hydrogen) atoms. The molecule has 0 radical (unpaired) electrons. The Bertz CT molecular complexity index is 1070. The van der Waals surface area contributed by atoms with Gasteiger partial charge in [0.1, 0.15) is 5.82 Å². The Labute approximate surface area is 164 Å². The highest BCUT2D eigenvalue weighted by Crippen LogP contribution is 2.40. The smallest absolute Gasteiger partial charge is 0.264 e. The molecule has 0 spiro atoms. The molecule has 0 aromatic heterocycles. The number of sulfonamides is 1. The van der Waals surface area contributed by atoms with Crippen LogP contribution >= 0.6 is 0 Å². The van der Waals surface area contributed by atoms with Crippen molar-refractivity contribution in [3.8, 4) is 0 Å². The Balaban J connectivity index is 1.81. The molecular weight excluding hydrogens is 381 g/mol. The summed E-state index contributed by atoms with van der Waals surface area (Å²) in [4.78, 5) is 15.6. The van der Waals surface area contributed by atoms with Gasteiger partial charge in [0.2, 0.25) is 5.91 Å². The molecule has 2 aliphatic heterocycles. The number of carbonyl (C=O) groups is 1. The van der Waals surface area contributed by atoms with Gasteiger partial charge in [-0.1, -0.05) is 13.0 Å². The van der Waals surface area contributed by atoms with E-state index in [1.54, 1.807) is 29.2 Å². The van der Waals surface area contributed by atoms with Crippen molar-refractivity contribution in [2.24, 2.45) is 0 Å². The van der Waals surface area contributed by atoms with Crippen molar-refractivity contribution in [1.29, 1.82) is 0 Å². The zero-order valence-corrected chi connectivity index (χ0v) is 16.8. The fraction of sp³-hybridized carbons (Fsp3) is 0.350. The van der Waals surface area contributed by atoms with E-state index in [4.69, 9.17) is 0 Å². The number of nitrogens with zero attached hydrogens (tertiary/aromatic N) is 3. The van der Waals surface area contributed by atoms with Gasteiger partial charge in [-0.15, -0.1) is 0 Å². The maximum absolute atomic E-state index is 13.9. The molecule has 0 fully saturated rings. The molecule has 6 nitrogen and oxygen atoms in total. The number of amides is 1. The van der Waals surface area contributed by atoms with E-state index in [0.717, 1.165) is 5.56 Å².